The molecule has 3 aliphatic heterocycles. The van der Waals surface area contributed by atoms with E-state index in [-0.39, 0.29) is 36.0 Å². The molecular weight excluding hydrogens is 342 g/mol. The minimum atomic E-state index is -0.275. The van der Waals surface area contributed by atoms with Gasteiger partial charge in [0.25, 0.3) is 0 Å². The van der Waals surface area contributed by atoms with Crippen molar-refractivity contribution in [2.24, 2.45) is 11.8 Å². The van der Waals surface area contributed by atoms with E-state index in [2.05, 4.69) is 0 Å². The van der Waals surface area contributed by atoms with Gasteiger partial charge in [-0.15, -0.1) is 0 Å². The van der Waals surface area contributed by atoms with Crippen LogP contribution >= 0.6 is 0 Å². The zero-order valence-electron chi connectivity index (χ0n) is 15.7. The SMILES string of the molecule is O=C(C1CCN(C(=O)C2CC(=O)N(c3ccccc3)C2)CC1)N1CCCC1. The third-order valence-corrected chi connectivity index (χ3v) is 6.12. The van der Waals surface area contributed by atoms with Crippen molar-refractivity contribution in [2.75, 3.05) is 37.6 Å². The van der Waals surface area contributed by atoms with E-state index in [9.17, 15) is 14.4 Å². The predicted molar refractivity (Wildman–Crippen MR) is 102 cm³/mol. The van der Waals surface area contributed by atoms with Gasteiger partial charge in [-0.2, -0.15) is 0 Å². The van der Waals surface area contributed by atoms with Crippen molar-refractivity contribution in [3.05, 3.63) is 30.3 Å². The van der Waals surface area contributed by atoms with Crippen LogP contribution in [0.4, 0.5) is 5.69 Å². The average Bonchev–Trinajstić information content (AvgIpc) is 3.38. The largest absolute Gasteiger partial charge is 0.342 e. The minimum Gasteiger partial charge on any atom is -0.342 e. The van der Waals surface area contributed by atoms with Crippen molar-refractivity contribution in [3.8, 4) is 0 Å². The number of likely N-dealkylation sites (tertiary alicyclic amines) is 2. The molecule has 6 nitrogen and oxygen atoms in total. The lowest BCUT2D eigenvalue weighted by Gasteiger charge is -2.34. The summed E-state index contributed by atoms with van der Waals surface area (Å²) >= 11 is 0. The summed E-state index contributed by atoms with van der Waals surface area (Å²) in [5, 5.41) is 0. The first-order valence-corrected chi connectivity index (χ1v) is 10.1. The molecule has 3 saturated heterocycles. The van der Waals surface area contributed by atoms with Crippen molar-refractivity contribution < 1.29 is 14.4 Å². The Kier molecular flexibility index (Phi) is 5.14. The molecule has 4 rings (SSSR count). The molecule has 3 amide bonds. The van der Waals surface area contributed by atoms with Crippen LogP contribution in [-0.2, 0) is 14.4 Å². The summed E-state index contributed by atoms with van der Waals surface area (Å²) in [4.78, 5) is 43.4. The molecule has 3 aliphatic rings. The monoisotopic (exact) mass is 369 g/mol. The molecule has 0 aromatic heterocycles. The summed E-state index contributed by atoms with van der Waals surface area (Å²) in [5.74, 6) is 0.125. The summed E-state index contributed by atoms with van der Waals surface area (Å²) < 4.78 is 0. The molecule has 0 bridgehead atoms. The lowest BCUT2D eigenvalue weighted by molar-refractivity contribution is -0.142. The van der Waals surface area contributed by atoms with Crippen LogP contribution in [0.5, 0.6) is 0 Å². The molecule has 144 valence electrons. The van der Waals surface area contributed by atoms with Crippen LogP contribution in [0, 0.1) is 11.8 Å². The van der Waals surface area contributed by atoms with Gasteiger partial charge in [0.15, 0.2) is 0 Å². The highest BCUT2D eigenvalue weighted by atomic mass is 16.2. The molecule has 3 fully saturated rings. The van der Waals surface area contributed by atoms with E-state index < -0.39 is 0 Å². The van der Waals surface area contributed by atoms with Gasteiger partial charge in [0.05, 0.1) is 5.92 Å². The van der Waals surface area contributed by atoms with Gasteiger partial charge >= 0.3 is 0 Å². The quantitative estimate of drug-likeness (QED) is 0.818. The molecule has 0 N–H and O–H groups in total. The van der Waals surface area contributed by atoms with Gasteiger partial charge < -0.3 is 14.7 Å². The van der Waals surface area contributed by atoms with E-state index >= 15 is 0 Å². The molecule has 0 radical (unpaired) electrons. The van der Waals surface area contributed by atoms with Crippen molar-refractivity contribution in [3.63, 3.8) is 0 Å². The Morgan fingerprint density at radius 1 is 0.815 bits per heavy atom. The average molecular weight is 369 g/mol. The highest BCUT2D eigenvalue weighted by molar-refractivity contribution is 6.00. The Hall–Kier alpha value is -2.37. The maximum absolute atomic E-state index is 12.9. The molecule has 6 heteroatoms. The summed E-state index contributed by atoms with van der Waals surface area (Å²) in [6.07, 6.45) is 3.97. The van der Waals surface area contributed by atoms with Gasteiger partial charge in [0, 0.05) is 50.7 Å². The maximum Gasteiger partial charge on any atom is 0.228 e. The van der Waals surface area contributed by atoms with Gasteiger partial charge in [-0.1, -0.05) is 18.2 Å². The van der Waals surface area contributed by atoms with Gasteiger partial charge in [-0.3, -0.25) is 14.4 Å². The highest BCUT2D eigenvalue weighted by Gasteiger charge is 2.39. The Bertz CT molecular complexity index is 707. The van der Waals surface area contributed by atoms with E-state index in [1.165, 1.54) is 0 Å². The van der Waals surface area contributed by atoms with Gasteiger partial charge in [-0.05, 0) is 37.8 Å². The smallest absolute Gasteiger partial charge is 0.228 e. The molecule has 1 aromatic rings. The minimum absolute atomic E-state index is 0.0126. The second kappa shape index (κ2) is 7.71. The molecule has 27 heavy (non-hydrogen) atoms. The first-order chi connectivity index (χ1) is 13.1. The summed E-state index contributed by atoms with van der Waals surface area (Å²) in [6.45, 7) is 3.47. The molecule has 3 heterocycles. The van der Waals surface area contributed by atoms with E-state index in [4.69, 9.17) is 0 Å². The fourth-order valence-electron chi connectivity index (χ4n) is 4.53. The van der Waals surface area contributed by atoms with Crippen LogP contribution < -0.4 is 4.90 Å². The number of nitrogens with zero attached hydrogens (tertiary/aromatic N) is 3. The van der Waals surface area contributed by atoms with Crippen LogP contribution in [0.3, 0.4) is 0 Å². The van der Waals surface area contributed by atoms with E-state index in [1.54, 1.807) is 4.90 Å². The Morgan fingerprint density at radius 3 is 2.07 bits per heavy atom. The summed E-state index contributed by atoms with van der Waals surface area (Å²) in [7, 11) is 0. The fourth-order valence-corrected chi connectivity index (χ4v) is 4.53. The fraction of sp³-hybridized carbons (Fsp3) is 0.571. The standard InChI is InChI=1S/C21H27N3O3/c25-19-14-17(15-24(19)18-6-2-1-3-7-18)21(27)23-12-8-16(9-13-23)20(26)22-10-4-5-11-22/h1-3,6-7,16-17H,4-5,8-15H2. The van der Waals surface area contributed by atoms with Crippen molar-refractivity contribution >= 4 is 23.4 Å². The number of rotatable bonds is 3. The lowest BCUT2D eigenvalue weighted by atomic mass is 9.94. The number of anilines is 1. The van der Waals surface area contributed by atoms with Gasteiger partial charge in [0.2, 0.25) is 17.7 Å². The zero-order valence-corrected chi connectivity index (χ0v) is 15.7. The first-order valence-electron chi connectivity index (χ1n) is 10.1. The van der Waals surface area contributed by atoms with Gasteiger partial charge in [0.1, 0.15) is 0 Å². The number of hydrogen-bond donors (Lipinski definition) is 0. The molecular formula is C21H27N3O3. The zero-order chi connectivity index (χ0) is 18.8. The maximum atomic E-state index is 12.9. The number of para-hydroxylation sites is 1. The number of piperidine rings is 1. The van der Waals surface area contributed by atoms with Crippen LogP contribution in [0.2, 0.25) is 0 Å². The van der Waals surface area contributed by atoms with Crippen LogP contribution in [0.25, 0.3) is 0 Å². The Labute approximate surface area is 160 Å². The number of carbonyl (C=O) groups is 3. The Morgan fingerprint density at radius 2 is 1.41 bits per heavy atom. The summed E-state index contributed by atoms with van der Waals surface area (Å²) in [6, 6.07) is 9.53. The molecule has 1 unspecified atom stereocenters. The van der Waals surface area contributed by atoms with Crippen molar-refractivity contribution in [1.29, 1.82) is 0 Å². The second-order valence-corrected chi connectivity index (χ2v) is 7.87. The highest BCUT2D eigenvalue weighted by Crippen LogP contribution is 2.28. The number of carbonyl (C=O) groups excluding carboxylic acids is 3. The lowest BCUT2D eigenvalue weighted by Crippen LogP contribution is -2.46. The molecule has 1 atom stereocenters. The van der Waals surface area contributed by atoms with Gasteiger partial charge in [-0.25, -0.2) is 0 Å². The third kappa shape index (κ3) is 3.70. The number of amides is 3. The van der Waals surface area contributed by atoms with E-state index in [0.717, 1.165) is 44.5 Å². The summed E-state index contributed by atoms with van der Waals surface area (Å²) in [5.41, 5.74) is 0.854. The van der Waals surface area contributed by atoms with E-state index in [0.29, 0.717) is 19.6 Å². The van der Waals surface area contributed by atoms with Crippen LogP contribution in [-0.4, -0.2) is 60.2 Å². The normalized spacial score (nSPS) is 23.9. The second-order valence-electron chi connectivity index (χ2n) is 7.87. The number of hydrogen-bond acceptors (Lipinski definition) is 3. The predicted octanol–water partition coefficient (Wildman–Crippen LogP) is 1.90. The molecule has 0 aliphatic carbocycles. The molecule has 0 spiro atoms. The van der Waals surface area contributed by atoms with Crippen LogP contribution in [0.1, 0.15) is 32.1 Å². The van der Waals surface area contributed by atoms with Crippen molar-refractivity contribution in [2.45, 2.75) is 32.1 Å². The first kappa shape index (κ1) is 18.0. The molecule has 0 saturated carbocycles. The van der Waals surface area contributed by atoms with E-state index in [1.807, 2.05) is 40.1 Å². The topological polar surface area (TPSA) is 60.9 Å². The van der Waals surface area contributed by atoms with Crippen molar-refractivity contribution in [1.82, 2.24) is 9.80 Å². The Balaban J connectivity index is 1.32. The third-order valence-electron chi connectivity index (χ3n) is 6.12. The van der Waals surface area contributed by atoms with Crippen LogP contribution in [0.15, 0.2) is 30.3 Å². The molecule has 1 aromatic carbocycles. The number of benzene rings is 1.